The third-order valence-electron chi connectivity index (χ3n) is 1.24. The van der Waals surface area contributed by atoms with Crippen molar-refractivity contribution in [3.63, 3.8) is 0 Å². The van der Waals surface area contributed by atoms with Crippen LogP contribution in [-0.4, -0.2) is 0 Å². The highest BCUT2D eigenvalue weighted by Crippen LogP contribution is 2.61. The molecule has 0 aliphatic rings. The van der Waals surface area contributed by atoms with E-state index < -0.39 is 5.20 Å². The van der Waals surface area contributed by atoms with Crippen molar-refractivity contribution >= 4 is 50.3 Å². The normalized spacial score (nSPS) is 10.3. The number of rotatable bonds is 0. The van der Waals surface area contributed by atoms with Crippen LogP contribution >= 0.6 is 38.9 Å². The molecule has 0 saturated carbocycles. The molecule has 0 amide bonds. The lowest BCUT2D eigenvalue weighted by Gasteiger charge is -1.98. The summed E-state index contributed by atoms with van der Waals surface area (Å²) < 4.78 is 9.51. The van der Waals surface area contributed by atoms with Crippen LogP contribution in [0.25, 0.3) is 0 Å². The zero-order chi connectivity index (χ0) is 11.4. The Morgan fingerprint density at radius 3 is 1.86 bits per heavy atom. The standard InChI is InChI=1S/C7H10N2.Cl3OP/c1-5-2-3-6(8)7(9)4-5;1-5(2,3)4/h2-4H,8-9H2,1H3;. The van der Waals surface area contributed by atoms with E-state index >= 15 is 0 Å². The van der Waals surface area contributed by atoms with Gasteiger partial charge in [0, 0.05) is 0 Å². The van der Waals surface area contributed by atoms with E-state index in [1.54, 1.807) is 0 Å². The molecular formula is C7H10Cl3N2OP. The molecule has 7 heteroatoms. The predicted octanol–water partition coefficient (Wildman–Crippen LogP) is 3.97. The highest BCUT2D eigenvalue weighted by atomic mass is 36.0. The fourth-order valence-electron chi connectivity index (χ4n) is 0.694. The topological polar surface area (TPSA) is 69.1 Å². The van der Waals surface area contributed by atoms with Crippen LogP contribution in [0, 0.1) is 6.92 Å². The second kappa shape index (κ2) is 5.72. The molecule has 1 rings (SSSR count). The number of nitrogen functional groups attached to an aromatic ring is 2. The molecule has 0 unspecified atom stereocenters. The molecule has 14 heavy (non-hydrogen) atoms. The predicted molar refractivity (Wildman–Crippen MR) is 65.2 cm³/mol. The minimum Gasteiger partial charge on any atom is -0.397 e. The first kappa shape index (κ1) is 13.9. The second-order valence-electron chi connectivity index (χ2n) is 2.53. The largest absolute Gasteiger partial charge is 0.397 e. The van der Waals surface area contributed by atoms with Crippen molar-refractivity contribution in [2.24, 2.45) is 0 Å². The number of nitrogens with two attached hydrogens (primary N) is 2. The summed E-state index contributed by atoms with van der Waals surface area (Å²) in [5.74, 6) is 0. The summed E-state index contributed by atoms with van der Waals surface area (Å²) in [6, 6.07) is 5.60. The average molecular weight is 276 g/mol. The Morgan fingerprint density at radius 2 is 1.57 bits per heavy atom. The van der Waals surface area contributed by atoms with Gasteiger partial charge < -0.3 is 11.5 Å². The minimum absolute atomic E-state index is 0.653. The van der Waals surface area contributed by atoms with Gasteiger partial charge in [-0.15, -0.1) is 0 Å². The van der Waals surface area contributed by atoms with Crippen molar-refractivity contribution in [2.75, 3.05) is 11.5 Å². The van der Waals surface area contributed by atoms with Gasteiger partial charge in [0.15, 0.2) is 0 Å². The van der Waals surface area contributed by atoms with Gasteiger partial charge in [0.2, 0.25) is 0 Å². The molecule has 0 atom stereocenters. The first-order chi connectivity index (χ1) is 6.20. The molecule has 1 aromatic carbocycles. The third-order valence-corrected chi connectivity index (χ3v) is 1.24. The molecule has 1 aromatic rings. The molecule has 0 heterocycles. The van der Waals surface area contributed by atoms with E-state index in [1.165, 1.54) is 0 Å². The highest BCUT2D eigenvalue weighted by Gasteiger charge is 2.02. The van der Waals surface area contributed by atoms with E-state index in [0.717, 1.165) is 5.56 Å². The van der Waals surface area contributed by atoms with Crippen LogP contribution in [0.3, 0.4) is 0 Å². The molecule has 0 aliphatic carbocycles. The summed E-state index contributed by atoms with van der Waals surface area (Å²) in [5, 5.41) is -3.22. The van der Waals surface area contributed by atoms with Crippen LogP contribution in [0.1, 0.15) is 5.56 Å². The summed E-state index contributed by atoms with van der Waals surface area (Å²) in [5.41, 5.74) is 13.4. The van der Waals surface area contributed by atoms with Crippen molar-refractivity contribution in [2.45, 2.75) is 6.92 Å². The number of aryl methyl sites for hydroxylation is 1. The first-order valence-corrected chi connectivity index (χ1v) is 7.93. The number of hydrogen-bond acceptors (Lipinski definition) is 3. The van der Waals surface area contributed by atoms with Crippen LogP contribution in [0.2, 0.25) is 0 Å². The molecule has 0 aromatic heterocycles. The molecule has 0 bridgehead atoms. The van der Waals surface area contributed by atoms with Gasteiger partial charge in [-0.1, -0.05) is 6.07 Å². The number of hydrogen-bond donors (Lipinski definition) is 2. The zero-order valence-corrected chi connectivity index (χ0v) is 10.5. The van der Waals surface area contributed by atoms with E-state index in [0.29, 0.717) is 11.4 Å². The van der Waals surface area contributed by atoms with Crippen molar-refractivity contribution < 1.29 is 4.57 Å². The SMILES string of the molecule is Cc1ccc(N)c(N)c1.O=P(Cl)(Cl)Cl. The Morgan fingerprint density at radius 1 is 1.14 bits per heavy atom. The van der Waals surface area contributed by atoms with Crippen molar-refractivity contribution in [1.29, 1.82) is 0 Å². The van der Waals surface area contributed by atoms with Gasteiger partial charge >= 0.3 is 5.20 Å². The van der Waals surface area contributed by atoms with Crippen molar-refractivity contribution in [3.05, 3.63) is 23.8 Å². The zero-order valence-electron chi connectivity index (χ0n) is 7.38. The molecule has 0 spiro atoms. The van der Waals surface area contributed by atoms with Gasteiger partial charge in [0.05, 0.1) is 11.4 Å². The van der Waals surface area contributed by atoms with E-state index in [9.17, 15) is 4.57 Å². The van der Waals surface area contributed by atoms with Crippen LogP contribution in [-0.2, 0) is 4.57 Å². The lowest BCUT2D eigenvalue weighted by molar-refractivity contribution is 0.600. The maximum atomic E-state index is 9.51. The fraction of sp³-hybridized carbons (Fsp3) is 0.143. The molecule has 4 N–H and O–H groups in total. The van der Waals surface area contributed by atoms with Gasteiger partial charge in [-0.05, 0) is 58.3 Å². The Hall–Kier alpha value is -0.0800. The van der Waals surface area contributed by atoms with Gasteiger partial charge in [-0.3, -0.25) is 4.57 Å². The molecule has 3 nitrogen and oxygen atoms in total. The molecule has 0 radical (unpaired) electrons. The van der Waals surface area contributed by atoms with Crippen molar-refractivity contribution in [3.8, 4) is 0 Å². The molecule has 0 saturated heterocycles. The van der Waals surface area contributed by atoms with Gasteiger partial charge in [0.1, 0.15) is 0 Å². The molecule has 0 fully saturated rings. The fourth-order valence-corrected chi connectivity index (χ4v) is 0.694. The average Bonchev–Trinajstić information content (AvgIpc) is 1.94. The second-order valence-corrected chi connectivity index (χ2v) is 9.17. The van der Waals surface area contributed by atoms with Crippen LogP contribution < -0.4 is 11.5 Å². The summed E-state index contributed by atoms with van der Waals surface area (Å²) in [6.45, 7) is 1.98. The number of anilines is 2. The van der Waals surface area contributed by atoms with Gasteiger partial charge in [-0.2, -0.15) is 0 Å². The Bertz CT molecular complexity index is 345. The first-order valence-electron chi connectivity index (χ1n) is 3.51. The molecule has 0 aliphatic heterocycles. The highest BCUT2D eigenvalue weighted by molar-refractivity contribution is 8.24. The van der Waals surface area contributed by atoms with E-state index in [-0.39, 0.29) is 0 Å². The lowest BCUT2D eigenvalue weighted by atomic mass is 10.2. The number of halogens is 3. The lowest BCUT2D eigenvalue weighted by Crippen LogP contribution is -1.93. The Balaban J connectivity index is 0.000000292. The minimum atomic E-state index is -3.22. The molecular weight excluding hydrogens is 265 g/mol. The third kappa shape index (κ3) is 8.52. The maximum absolute atomic E-state index is 9.51. The quantitative estimate of drug-likeness (QED) is 0.556. The van der Waals surface area contributed by atoms with Crippen LogP contribution in [0.4, 0.5) is 11.4 Å². The van der Waals surface area contributed by atoms with E-state index in [4.69, 9.17) is 11.5 Å². The van der Waals surface area contributed by atoms with E-state index in [2.05, 4.69) is 33.7 Å². The number of benzene rings is 1. The molecule has 80 valence electrons. The summed E-state index contributed by atoms with van der Waals surface area (Å²) >= 11 is 13.8. The van der Waals surface area contributed by atoms with E-state index in [1.807, 2.05) is 25.1 Å². The van der Waals surface area contributed by atoms with Crippen LogP contribution in [0.5, 0.6) is 0 Å². The van der Waals surface area contributed by atoms with Crippen LogP contribution in [0.15, 0.2) is 18.2 Å². The Labute approximate surface area is 97.1 Å². The summed E-state index contributed by atoms with van der Waals surface area (Å²) in [7, 11) is 0. The monoisotopic (exact) mass is 274 g/mol. The van der Waals surface area contributed by atoms with Crippen molar-refractivity contribution in [1.82, 2.24) is 0 Å². The summed E-state index contributed by atoms with van der Waals surface area (Å²) in [4.78, 5) is 0. The summed E-state index contributed by atoms with van der Waals surface area (Å²) in [6.07, 6.45) is 0. The van der Waals surface area contributed by atoms with Gasteiger partial charge in [-0.25, -0.2) is 0 Å². The maximum Gasteiger partial charge on any atom is 0.339 e. The Kier molecular flexibility index (Phi) is 5.68. The van der Waals surface area contributed by atoms with Gasteiger partial charge in [0.25, 0.3) is 0 Å². The smallest absolute Gasteiger partial charge is 0.339 e.